The number of anilines is 1. The van der Waals surface area contributed by atoms with Crippen molar-refractivity contribution < 1.29 is 14.6 Å². The molecule has 1 aliphatic heterocycles. The van der Waals surface area contributed by atoms with Crippen LogP contribution >= 0.6 is 0 Å². The Balaban J connectivity index is 1.62. The van der Waals surface area contributed by atoms with E-state index in [0.29, 0.717) is 0 Å². The number of ether oxygens (including phenoxy) is 1. The van der Waals surface area contributed by atoms with E-state index in [-0.39, 0.29) is 35.2 Å². The van der Waals surface area contributed by atoms with Crippen LogP contribution < -0.4 is 10.6 Å². The summed E-state index contributed by atoms with van der Waals surface area (Å²) in [5.41, 5.74) is 4.68. The molecular weight excluding hydrogens is 430 g/mol. The molecule has 0 saturated carbocycles. The molecule has 1 aromatic carbocycles. The van der Waals surface area contributed by atoms with Gasteiger partial charge >= 0.3 is 0 Å². The van der Waals surface area contributed by atoms with Crippen LogP contribution in [0.25, 0.3) is 11.0 Å². The third-order valence-electron chi connectivity index (χ3n) is 6.50. The molecule has 1 saturated heterocycles. The van der Waals surface area contributed by atoms with E-state index in [0.717, 1.165) is 66.1 Å². The van der Waals surface area contributed by atoms with Crippen molar-refractivity contribution >= 4 is 22.6 Å². The molecule has 0 aliphatic carbocycles. The lowest BCUT2D eigenvalue weighted by Crippen LogP contribution is -2.30. The molecule has 0 radical (unpaired) electrons. The van der Waals surface area contributed by atoms with Crippen LogP contribution in [0.15, 0.2) is 24.4 Å². The van der Waals surface area contributed by atoms with Gasteiger partial charge in [0.15, 0.2) is 5.65 Å². The Morgan fingerprint density at radius 2 is 2.00 bits per heavy atom. The van der Waals surface area contributed by atoms with Crippen LogP contribution in [0.5, 0.6) is 5.75 Å². The van der Waals surface area contributed by atoms with Gasteiger partial charge in [-0.3, -0.25) is 4.79 Å². The highest BCUT2D eigenvalue weighted by Crippen LogP contribution is 2.31. The number of carbonyl (C=O) groups is 1. The lowest BCUT2D eigenvalue weighted by molar-refractivity contribution is 0.0904. The summed E-state index contributed by atoms with van der Waals surface area (Å²) in [7, 11) is 0. The number of amides is 1. The molecule has 4 rings (SSSR count). The quantitative estimate of drug-likeness (QED) is 0.502. The Labute approximate surface area is 200 Å². The monoisotopic (exact) mass is 465 g/mol. The number of aromatic hydroxyl groups is 1. The fourth-order valence-corrected chi connectivity index (χ4v) is 4.36. The lowest BCUT2D eigenvalue weighted by atomic mass is 9.86. The van der Waals surface area contributed by atoms with Crippen molar-refractivity contribution in [3.8, 4) is 5.75 Å². The largest absolute Gasteiger partial charge is 0.507 e. The van der Waals surface area contributed by atoms with Gasteiger partial charge in [0, 0.05) is 43.6 Å². The Kier molecular flexibility index (Phi) is 6.79. The van der Waals surface area contributed by atoms with E-state index in [1.165, 1.54) is 0 Å². The molecular formula is C26H35N5O3. The number of carbonyl (C=O) groups excluding carboxylic acids is 1. The van der Waals surface area contributed by atoms with Crippen LogP contribution in [-0.2, 0) is 23.2 Å². The number of nitrogens with zero attached hydrogens (tertiary/aromatic N) is 3. The van der Waals surface area contributed by atoms with Gasteiger partial charge in [0.2, 0.25) is 0 Å². The van der Waals surface area contributed by atoms with Gasteiger partial charge in [0.1, 0.15) is 5.75 Å². The maximum absolute atomic E-state index is 13.0. The number of phenolic OH excluding ortho intramolecular Hbond substituents is 1. The van der Waals surface area contributed by atoms with Crippen LogP contribution in [0.3, 0.4) is 0 Å². The zero-order valence-electron chi connectivity index (χ0n) is 20.7. The first kappa shape index (κ1) is 24.0. The van der Waals surface area contributed by atoms with Crippen molar-refractivity contribution in [2.24, 2.45) is 0 Å². The number of benzene rings is 1. The van der Waals surface area contributed by atoms with E-state index < -0.39 is 0 Å². The van der Waals surface area contributed by atoms with Gasteiger partial charge in [-0.15, -0.1) is 0 Å². The molecule has 182 valence electrons. The summed E-state index contributed by atoms with van der Waals surface area (Å²) >= 11 is 0. The molecule has 1 fully saturated rings. The molecule has 8 heteroatoms. The van der Waals surface area contributed by atoms with Crippen LogP contribution in [0.1, 0.15) is 67.7 Å². The van der Waals surface area contributed by atoms with Crippen LogP contribution in [0.2, 0.25) is 0 Å². The molecule has 0 bridgehead atoms. The average molecular weight is 466 g/mol. The third-order valence-corrected chi connectivity index (χ3v) is 6.50. The van der Waals surface area contributed by atoms with Gasteiger partial charge in [-0.2, -0.15) is 5.10 Å². The number of hydrogen-bond donors (Lipinski definition) is 3. The van der Waals surface area contributed by atoms with Gasteiger partial charge in [0.25, 0.3) is 5.91 Å². The molecule has 0 atom stereocenters. The van der Waals surface area contributed by atoms with Gasteiger partial charge in [-0.1, -0.05) is 26.8 Å². The van der Waals surface area contributed by atoms with Gasteiger partial charge < -0.3 is 20.5 Å². The summed E-state index contributed by atoms with van der Waals surface area (Å²) in [6.07, 6.45) is 3.68. The van der Waals surface area contributed by atoms with Crippen LogP contribution in [0, 0.1) is 6.92 Å². The van der Waals surface area contributed by atoms with Crippen molar-refractivity contribution in [3.05, 3.63) is 46.8 Å². The summed E-state index contributed by atoms with van der Waals surface area (Å²) in [4.78, 5) is 17.8. The van der Waals surface area contributed by atoms with Crippen molar-refractivity contribution in [1.82, 2.24) is 20.1 Å². The maximum atomic E-state index is 13.0. The number of pyridine rings is 1. The molecule has 3 aromatic rings. The number of fused-ring (bicyclic) bond motifs is 1. The zero-order chi connectivity index (χ0) is 24.5. The number of nitrogens with one attached hydrogen (secondary N) is 2. The predicted molar refractivity (Wildman–Crippen MR) is 133 cm³/mol. The Bertz CT molecular complexity index is 1190. The summed E-state index contributed by atoms with van der Waals surface area (Å²) in [6, 6.07) is 5.54. The third kappa shape index (κ3) is 4.87. The molecule has 3 heterocycles. The number of rotatable bonds is 6. The molecule has 8 nitrogen and oxygen atoms in total. The van der Waals surface area contributed by atoms with Gasteiger partial charge in [-0.25, -0.2) is 9.67 Å². The Hall–Kier alpha value is -3.13. The minimum absolute atomic E-state index is 0.0139. The first-order valence-corrected chi connectivity index (χ1v) is 12.0. The summed E-state index contributed by atoms with van der Waals surface area (Å²) < 4.78 is 7.40. The molecule has 1 aliphatic rings. The standard InChI is InChI=1S/C26H35N5O3/c1-6-31-24-21(15-28-31)23(30-18-9-11-34-12-10-18)20(16(2)29-24)14-27-25(33)19-8-7-17(13-22(19)32)26(3,4)5/h7-8,13,15,18,32H,6,9-12,14H2,1-5H3,(H,27,33)(H,29,30). The molecule has 0 unspecified atom stereocenters. The highest BCUT2D eigenvalue weighted by atomic mass is 16.5. The predicted octanol–water partition coefficient (Wildman–Crippen LogP) is 4.28. The van der Waals surface area contributed by atoms with E-state index in [4.69, 9.17) is 9.72 Å². The molecule has 34 heavy (non-hydrogen) atoms. The normalized spacial score (nSPS) is 15.0. The number of aryl methyl sites for hydroxylation is 2. The molecule has 2 aromatic heterocycles. The smallest absolute Gasteiger partial charge is 0.255 e. The zero-order valence-corrected chi connectivity index (χ0v) is 20.7. The lowest BCUT2D eigenvalue weighted by Gasteiger charge is -2.26. The van der Waals surface area contributed by atoms with E-state index >= 15 is 0 Å². The summed E-state index contributed by atoms with van der Waals surface area (Å²) in [5, 5.41) is 22.6. The van der Waals surface area contributed by atoms with Gasteiger partial charge in [-0.05, 0) is 49.8 Å². The van der Waals surface area contributed by atoms with E-state index in [1.54, 1.807) is 12.1 Å². The van der Waals surface area contributed by atoms with E-state index in [2.05, 4.69) is 36.5 Å². The summed E-state index contributed by atoms with van der Waals surface area (Å²) in [6.45, 7) is 12.7. The minimum atomic E-state index is -0.321. The second-order valence-corrected chi connectivity index (χ2v) is 9.94. The van der Waals surface area contributed by atoms with Gasteiger partial charge in [0.05, 0.1) is 22.8 Å². The fourth-order valence-electron chi connectivity index (χ4n) is 4.36. The van der Waals surface area contributed by atoms with Crippen molar-refractivity contribution in [2.45, 2.75) is 72.0 Å². The Morgan fingerprint density at radius 1 is 1.26 bits per heavy atom. The van der Waals surface area contributed by atoms with Crippen LogP contribution in [0.4, 0.5) is 5.69 Å². The number of aromatic nitrogens is 3. The number of hydrogen-bond acceptors (Lipinski definition) is 6. The first-order valence-electron chi connectivity index (χ1n) is 12.0. The highest BCUT2D eigenvalue weighted by Gasteiger charge is 2.22. The molecule has 0 spiro atoms. The van der Waals surface area contributed by atoms with E-state index in [1.807, 2.05) is 30.8 Å². The number of phenols is 1. The topological polar surface area (TPSA) is 101 Å². The van der Waals surface area contributed by atoms with E-state index in [9.17, 15) is 9.90 Å². The summed E-state index contributed by atoms with van der Waals surface area (Å²) in [5.74, 6) is -0.335. The van der Waals surface area contributed by atoms with Crippen molar-refractivity contribution in [3.63, 3.8) is 0 Å². The van der Waals surface area contributed by atoms with Crippen molar-refractivity contribution in [2.75, 3.05) is 18.5 Å². The second-order valence-electron chi connectivity index (χ2n) is 9.94. The highest BCUT2D eigenvalue weighted by molar-refractivity contribution is 5.97. The minimum Gasteiger partial charge on any atom is -0.507 e. The molecule has 1 amide bonds. The van der Waals surface area contributed by atoms with Crippen molar-refractivity contribution in [1.29, 1.82) is 0 Å². The maximum Gasteiger partial charge on any atom is 0.255 e. The SMILES string of the molecule is CCn1ncc2c(NC3CCOCC3)c(CNC(=O)c3ccc(C(C)(C)C)cc3O)c(C)nc21. The average Bonchev–Trinajstić information content (AvgIpc) is 3.21. The molecule has 3 N–H and O–H groups in total. The van der Waals surface area contributed by atoms with Crippen LogP contribution in [-0.4, -0.2) is 45.0 Å². The Morgan fingerprint density at radius 3 is 2.65 bits per heavy atom. The second kappa shape index (κ2) is 9.62. The fraction of sp³-hybridized carbons (Fsp3) is 0.500. The first-order chi connectivity index (χ1) is 16.2.